The highest BCUT2D eigenvalue weighted by Gasteiger charge is 2.23. The highest BCUT2D eigenvalue weighted by atomic mass is 31.2. The molecule has 116 valence electrons. The molecule has 0 saturated carbocycles. The molecule has 0 heterocycles. The number of hydrogen-bond donors (Lipinski definition) is 3. The molecule has 8 nitrogen and oxygen atoms in total. The number of rotatable bonds is 13. The number of phosphoric acid groups is 1. The first-order chi connectivity index (χ1) is 9.05. The molecule has 0 rings (SSSR count). The predicted octanol–water partition coefficient (Wildman–Crippen LogP) is 1.14. The van der Waals surface area contributed by atoms with Crippen LogP contribution in [0.5, 0.6) is 0 Å². The minimum Gasteiger partial charge on any atom is -0.379 e. The summed E-state index contributed by atoms with van der Waals surface area (Å²) in [6, 6.07) is 0. The normalized spacial score (nSPS) is 16.2. The first-order valence-electron chi connectivity index (χ1n) is 6.25. The second-order valence-corrected chi connectivity index (χ2v) is 5.35. The number of unbranched alkanes of at least 4 members (excludes halogenated alkanes) is 2. The Morgan fingerprint density at radius 3 is 2.53 bits per heavy atom. The van der Waals surface area contributed by atoms with Gasteiger partial charge in [-0.25, -0.2) is 9.45 Å². The van der Waals surface area contributed by atoms with Gasteiger partial charge in [-0.05, 0) is 6.42 Å². The fraction of sp³-hybridized carbons (Fsp3) is 1.00. The predicted molar refractivity (Wildman–Crippen MR) is 68.6 cm³/mol. The van der Waals surface area contributed by atoms with Crippen molar-refractivity contribution in [2.24, 2.45) is 5.73 Å². The van der Waals surface area contributed by atoms with Gasteiger partial charge in [-0.1, -0.05) is 19.8 Å². The van der Waals surface area contributed by atoms with Crippen LogP contribution in [0.25, 0.3) is 0 Å². The van der Waals surface area contributed by atoms with Crippen molar-refractivity contribution in [1.29, 1.82) is 0 Å². The van der Waals surface area contributed by atoms with Crippen LogP contribution < -0.4 is 5.73 Å². The van der Waals surface area contributed by atoms with Gasteiger partial charge in [-0.2, -0.15) is 0 Å². The maximum Gasteiger partial charge on any atom is 0.472 e. The lowest BCUT2D eigenvalue weighted by Gasteiger charge is -2.16. The van der Waals surface area contributed by atoms with E-state index in [1.807, 2.05) is 0 Å². The summed E-state index contributed by atoms with van der Waals surface area (Å²) in [6.07, 6.45) is 2.20. The van der Waals surface area contributed by atoms with Crippen LogP contribution in [0.1, 0.15) is 26.2 Å². The summed E-state index contributed by atoms with van der Waals surface area (Å²) >= 11 is 0. The SMILES string of the molecule is CCCCCOC[C@H](COP(=O)(O)OCCN)OO. The Morgan fingerprint density at radius 1 is 1.21 bits per heavy atom. The molecule has 9 heteroatoms. The molecule has 0 aromatic heterocycles. The third-order valence-electron chi connectivity index (χ3n) is 2.14. The van der Waals surface area contributed by atoms with Gasteiger partial charge in [-0.3, -0.25) is 14.3 Å². The van der Waals surface area contributed by atoms with Crippen molar-refractivity contribution in [2.75, 3.05) is 33.0 Å². The smallest absolute Gasteiger partial charge is 0.379 e. The van der Waals surface area contributed by atoms with Gasteiger partial charge in [0.15, 0.2) is 0 Å². The summed E-state index contributed by atoms with van der Waals surface area (Å²) in [5.41, 5.74) is 5.13. The zero-order chi connectivity index (χ0) is 14.6. The number of phosphoric ester groups is 1. The fourth-order valence-electron chi connectivity index (χ4n) is 1.16. The van der Waals surface area contributed by atoms with E-state index < -0.39 is 13.9 Å². The fourth-order valence-corrected chi connectivity index (χ4v) is 1.93. The quantitative estimate of drug-likeness (QED) is 0.200. The molecule has 0 aliphatic rings. The van der Waals surface area contributed by atoms with Gasteiger partial charge in [0.1, 0.15) is 6.10 Å². The van der Waals surface area contributed by atoms with Crippen LogP contribution in [0.15, 0.2) is 0 Å². The summed E-state index contributed by atoms with van der Waals surface area (Å²) in [4.78, 5) is 13.3. The molecule has 19 heavy (non-hydrogen) atoms. The van der Waals surface area contributed by atoms with E-state index in [1.54, 1.807) is 0 Å². The lowest BCUT2D eigenvalue weighted by molar-refractivity contribution is -0.292. The molecule has 0 amide bonds. The molecule has 0 fully saturated rings. The minimum atomic E-state index is -4.15. The molecule has 0 bridgehead atoms. The topological polar surface area (TPSA) is 120 Å². The molecule has 0 saturated heterocycles. The van der Waals surface area contributed by atoms with E-state index in [0.717, 1.165) is 19.3 Å². The average Bonchev–Trinajstić information content (AvgIpc) is 2.39. The first kappa shape index (κ1) is 18.9. The number of nitrogens with two attached hydrogens (primary N) is 1. The van der Waals surface area contributed by atoms with Gasteiger partial charge in [0.2, 0.25) is 0 Å². The molecule has 0 spiro atoms. The number of hydrogen-bond acceptors (Lipinski definition) is 7. The maximum absolute atomic E-state index is 11.3. The van der Waals surface area contributed by atoms with Crippen LogP contribution in [0, 0.1) is 0 Å². The van der Waals surface area contributed by atoms with Crippen LogP contribution in [0.3, 0.4) is 0 Å². The number of ether oxygens (including phenoxy) is 1. The molecule has 0 aliphatic heterocycles. The molecule has 2 atom stereocenters. The van der Waals surface area contributed by atoms with Gasteiger partial charge < -0.3 is 15.4 Å². The van der Waals surface area contributed by atoms with E-state index in [4.69, 9.17) is 15.7 Å². The van der Waals surface area contributed by atoms with Crippen LogP contribution in [-0.4, -0.2) is 49.2 Å². The third-order valence-corrected chi connectivity index (χ3v) is 3.13. The van der Waals surface area contributed by atoms with E-state index in [1.165, 1.54) is 0 Å². The summed E-state index contributed by atoms with van der Waals surface area (Å²) in [7, 11) is -4.15. The second kappa shape index (κ2) is 11.7. The summed E-state index contributed by atoms with van der Waals surface area (Å²) in [5, 5.41) is 8.61. The Hall–Kier alpha value is -0.0500. The Balaban J connectivity index is 3.76. The van der Waals surface area contributed by atoms with Gasteiger partial charge in [-0.15, -0.1) is 0 Å². The zero-order valence-corrected chi connectivity index (χ0v) is 12.1. The Kier molecular flexibility index (Phi) is 11.7. The Morgan fingerprint density at radius 2 is 1.95 bits per heavy atom. The highest BCUT2D eigenvalue weighted by Crippen LogP contribution is 2.42. The first-order valence-corrected chi connectivity index (χ1v) is 7.75. The van der Waals surface area contributed by atoms with Gasteiger partial charge in [0.25, 0.3) is 0 Å². The molecule has 0 aromatic carbocycles. The summed E-state index contributed by atoms with van der Waals surface area (Å²) in [5.74, 6) is 0. The molecular formula is C10H24NO7P. The maximum atomic E-state index is 11.3. The third kappa shape index (κ3) is 11.5. The van der Waals surface area contributed by atoms with Gasteiger partial charge in [0.05, 0.1) is 19.8 Å². The minimum absolute atomic E-state index is 0.0666. The van der Waals surface area contributed by atoms with E-state index in [2.05, 4.69) is 20.9 Å². The monoisotopic (exact) mass is 301 g/mol. The second-order valence-electron chi connectivity index (χ2n) is 3.90. The van der Waals surface area contributed by atoms with Crippen molar-refractivity contribution in [1.82, 2.24) is 0 Å². The zero-order valence-electron chi connectivity index (χ0n) is 11.2. The molecular weight excluding hydrogens is 277 g/mol. The van der Waals surface area contributed by atoms with Crippen molar-refractivity contribution >= 4 is 7.82 Å². The average molecular weight is 301 g/mol. The van der Waals surface area contributed by atoms with Crippen LogP contribution >= 0.6 is 7.82 Å². The standard InChI is InChI=1S/C10H24NO7P/c1-2-3-4-6-15-8-10(18-12)9-17-19(13,14)16-7-5-11/h10,12H,2-9,11H2,1H3,(H,13,14)/t10-/m1/s1. The van der Waals surface area contributed by atoms with Gasteiger partial charge in [0, 0.05) is 13.2 Å². The Bertz CT molecular complexity index is 254. The summed E-state index contributed by atoms with van der Waals surface area (Å²) in [6.45, 7) is 2.38. The summed E-state index contributed by atoms with van der Waals surface area (Å²) < 4.78 is 25.7. The van der Waals surface area contributed by atoms with Crippen molar-refractivity contribution in [3.63, 3.8) is 0 Å². The molecule has 0 aliphatic carbocycles. The van der Waals surface area contributed by atoms with Crippen LogP contribution in [0.2, 0.25) is 0 Å². The van der Waals surface area contributed by atoms with E-state index in [-0.39, 0.29) is 26.4 Å². The lowest BCUT2D eigenvalue weighted by Crippen LogP contribution is -2.24. The molecule has 1 unspecified atom stereocenters. The molecule has 0 radical (unpaired) electrons. The van der Waals surface area contributed by atoms with Crippen LogP contribution in [0.4, 0.5) is 0 Å². The van der Waals surface area contributed by atoms with Crippen molar-refractivity contribution in [3.05, 3.63) is 0 Å². The van der Waals surface area contributed by atoms with E-state index in [0.29, 0.717) is 6.61 Å². The van der Waals surface area contributed by atoms with Crippen LogP contribution in [-0.2, 0) is 23.2 Å². The Labute approximate surface area is 113 Å². The molecule has 4 N–H and O–H groups in total. The van der Waals surface area contributed by atoms with E-state index in [9.17, 15) is 9.46 Å². The molecule has 0 aromatic rings. The highest BCUT2D eigenvalue weighted by molar-refractivity contribution is 7.47. The van der Waals surface area contributed by atoms with Crippen molar-refractivity contribution in [3.8, 4) is 0 Å². The van der Waals surface area contributed by atoms with Crippen molar-refractivity contribution < 1.29 is 33.4 Å². The van der Waals surface area contributed by atoms with E-state index >= 15 is 0 Å². The largest absolute Gasteiger partial charge is 0.472 e. The lowest BCUT2D eigenvalue weighted by atomic mass is 10.3. The van der Waals surface area contributed by atoms with Crippen molar-refractivity contribution in [2.45, 2.75) is 32.3 Å². The van der Waals surface area contributed by atoms with Gasteiger partial charge >= 0.3 is 7.82 Å².